The van der Waals surface area contributed by atoms with E-state index >= 15 is 0 Å². The molecule has 1 fully saturated rings. The molecular formula is C34H37N5O3. The molecule has 1 aliphatic rings. The van der Waals surface area contributed by atoms with Gasteiger partial charge in [0.25, 0.3) is 5.91 Å². The third-order valence-corrected chi connectivity index (χ3v) is 8.79. The van der Waals surface area contributed by atoms with Gasteiger partial charge in [0.15, 0.2) is 0 Å². The molecule has 5 aromatic rings. The summed E-state index contributed by atoms with van der Waals surface area (Å²) < 4.78 is 5.49. The van der Waals surface area contributed by atoms with Crippen LogP contribution < -0.4 is 15.4 Å². The van der Waals surface area contributed by atoms with Crippen molar-refractivity contribution in [1.29, 1.82) is 0 Å². The van der Waals surface area contributed by atoms with Crippen molar-refractivity contribution in [1.82, 2.24) is 25.6 Å². The van der Waals surface area contributed by atoms with Gasteiger partial charge in [-0.05, 0) is 49.6 Å². The molecule has 3 aromatic heterocycles. The van der Waals surface area contributed by atoms with E-state index < -0.39 is 5.54 Å². The molecule has 2 amide bonds. The van der Waals surface area contributed by atoms with Crippen LogP contribution >= 0.6 is 0 Å². The molecule has 1 saturated carbocycles. The van der Waals surface area contributed by atoms with Gasteiger partial charge in [-0.1, -0.05) is 55.7 Å². The molecule has 4 N–H and O–H groups in total. The minimum absolute atomic E-state index is 0.231. The van der Waals surface area contributed by atoms with Crippen molar-refractivity contribution in [3.05, 3.63) is 96.1 Å². The second kappa shape index (κ2) is 11.4. The van der Waals surface area contributed by atoms with Crippen LogP contribution in [0.4, 0.5) is 0 Å². The number of hydrogen-bond donors (Lipinski definition) is 4. The van der Waals surface area contributed by atoms with Crippen LogP contribution in [0, 0.1) is 0 Å². The molecule has 1 unspecified atom stereocenters. The molecule has 6 rings (SSSR count). The number of aromatic amines is 2. The van der Waals surface area contributed by atoms with E-state index in [4.69, 9.17) is 9.72 Å². The van der Waals surface area contributed by atoms with E-state index in [-0.39, 0.29) is 17.2 Å². The van der Waals surface area contributed by atoms with Crippen molar-refractivity contribution < 1.29 is 14.3 Å². The smallest absolute Gasteiger partial charge is 0.268 e. The molecule has 216 valence electrons. The lowest BCUT2D eigenvalue weighted by molar-refractivity contribution is -0.127. The van der Waals surface area contributed by atoms with Crippen LogP contribution in [-0.2, 0) is 16.6 Å². The summed E-state index contributed by atoms with van der Waals surface area (Å²) >= 11 is 0. The number of H-pyrrole nitrogens is 2. The average Bonchev–Trinajstić information content (AvgIpc) is 3.65. The summed E-state index contributed by atoms with van der Waals surface area (Å²) in [5, 5.41) is 8.33. The second-order valence-electron chi connectivity index (χ2n) is 11.7. The van der Waals surface area contributed by atoms with Gasteiger partial charge in [-0.25, -0.2) is 0 Å². The number of nitrogens with zero attached hydrogens (tertiary/aromatic N) is 1. The van der Waals surface area contributed by atoms with Crippen LogP contribution in [0.5, 0.6) is 5.75 Å². The van der Waals surface area contributed by atoms with E-state index in [1.165, 1.54) is 6.42 Å². The minimum atomic E-state index is -1.23. The monoisotopic (exact) mass is 563 g/mol. The SMILES string of the molecule is COc1ccnc(C2(CNC(=O)C(C)(Cc3c[nH]c4ccccc34)NC(=O)c3cc4ccccc4[nH]3)CCCCC2)c1. The fourth-order valence-electron chi connectivity index (χ4n) is 6.38. The van der Waals surface area contributed by atoms with Gasteiger partial charge in [0.1, 0.15) is 17.0 Å². The standard InChI is InChI=1S/C34H37N5O3/c1-33(20-24-21-36-28-13-7-5-11-26(24)28,39-31(40)29-18-23-10-4-6-12-27(23)38-29)32(41)37-22-34(15-8-3-9-16-34)30-19-25(42-2)14-17-35-30/h4-7,10-14,17-19,21,36,38H,3,8-9,15-16,20,22H2,1-2H3,(H,37,41)(H,39,40). The first-order valence-corrected chi connectivity index (χ1v) is 14.6. The van der Waals surface area contributed by atoms with E-state index in [9.17, 15) is 9.59 Å². The fourth-order valence-corrected chi connectivity index (χ4v) is 6.38. The summed E-state index contributed by atoms with van der Waals surface area (Å²) in [7, 11) is 1.65. The number of methoxy groups -OCH3 is 1. The largest absolute Gasteiger partial charge is 0.497 e. The molecule has 3 heterocycles. The highest BCUT2D eigenvalue weighted by molar-refractivity contribution is 6.01. The number of rotatable bonds is 9. The minimum Gasteiger partial charge on any atom is -0.497 e. The van der Waals surface area contributed by atoms with Crippen molar-refractivity contribution in [2.75, 3.05) is 13.7 Å². The Morgan fingerprint density at radius 3 is 2.55 bits per heavy atom. The average molecular weight is 564 g/mol. The number of amides is 2. The first-order valence-electron chi connectivity index (χ1n) is 14.6. The highest BCUT2D eigenvalue weighted by Crippen LogP contribution is 2.39. The van der Waals surface area contributed by atoms with Crippen LogP contribution in [0.2, 0.25) is 0 Å². The lowest BCUT2D eigenvalue weighted by Crippen LogP contribution is -2.59. The number of hydrogen-bond acceptors (Lipinski definition) is 4. The lowest BCUT2D eigenvalue weighted by atomic mass is 9.71. The van der Waals surface area contributed by atoms with Gasteiger partial charge >= 0.3 is 0 Å². The molecule has 0 bridgehead atoms. The Morgan fingerprint density at radius 1 is 1.00 bits per heavy atom. The summed E-state index contributed by atoms with van der Waals surface area (Å²) in [6.07, 6.45) is 9.17. The van der Waals surface area contributed by atoms with Gasteiger partial charge in [0.05, 0.1) is 12.8 Å². The number of pyridine rings is 1. The first-order chi connectivity index (χ1) is 20.4. The molecule has 0 saturated heterocycles. The van der Waals surface area contributed by atoms with Crippen LogP contribution in [0.25, 0.3) is 21.8 Å². The zero-order valence-electron chi connectivity index (χ0n) is 24.1. The Kier molecular flexibility index (Phi) is 7.45. The molecule has 1 atom stereocenters. The topological polar surface area (TPSA) is 112 Å². The Morgan fingerprint density at radius 2 is 1.76 bits per heavy atom. The molecule has 42 heavy (non-hydrogen) atoms. The molecule has 2 aromatic carbocycles. The van der Waals surface area contributed by atoms with Gasteiger partial charge in [-0.3, -0.25) is 14.6 Å². The van der Waals surface area contributed by atoms with Gasteiger partial charge in [0.2, 0.25) is 5.91 Å². The van der Waals surface area contributed by atoms with Crippen molar-refractivity contribution in [3.63, 3.8) is 0 Å². The second-order valence-corrected chi connectivity index (χ2v) is 11.7. The summed E-state index contributed by atoms with van der Waals surface area (Å²) in [4.78, 5) is 39.1. The van der Waals surface area contributed by atoms with E-state index in [1.807, 2.05) is 79.9 Å². The molecule has 0 radical (unpaired) electrons. The van der Waals surface area contributed by atoms with Crippen LogP contribution in [0.1, 0.15) is 60.8 Å². The Labute approximate surface area is 245 Å². The third-order valence-electron chi connectivity index (χ3n) is 8.79. The number of aromatic nitrogens is 3. The van der Waals surface area contributed by atoms with Crippen LogP contribution in [-0.4, -0.2) is 46.0 Å². The number of benzene rings is 2. The predicted octanol–water partition coefficient (Wildman–Crippen LogP) is 5.80. The number of nitrogens with one attached hydrogen (secondary N) is 4. The van der Waals surface area contributed by atoms with E-state index in [0.29, 0.717) is 18.7 Å². The highest BCUT2D eigenvalue weighted by Gasteiger charge is 2.40. The Balaban J connectivity index is 1.30. The Bertz CT molecular complexity index is 1700. The third kappa shape index (κ3) is 5.36. The maximum absolute atomic E-state index is 14.2. The first kappa shape index (κ1) is 27.6. The molecule has 1 aliphatic carbocycles. The molecular weight excluding hydrogens is 526 g/mol. The Hall–Kier alpha value is -4.59. The highest BCUT2D eigenvalue weighted by atomic mass is 16.5. The molecule has 0 aliphatic heterocycles. The van der Waals surface area contributed by atoms with Gasteiger partial charge in [-0.2, -0.15) is 0 Å². The van der Waals surface area contributed by atoms with Gasteiger partial charge in [0, 0.05) is 58.6 Å². The number of ether oxygens (including phenoxy) is 1. The maximum Gasteiger partial charge on any atom is 0.268 e. The maximum atomic E-state index is 14.2. The van der Waals surface area contributed by atoms with Crippen molar-refractivity contribution in [2.45, 2.75) is 56.4 Å². The lowest BCUT2D eigenvalue weighted by Gasteiger charge is -2.38. The molecule has 8 nitrogen and oxygen atoms in total. The number of fused-ring (bicyclic) bond motifs is 2. The van der Waals surface area contributed by atoms with Gasteiger partial charge in [-0.15, -0.1) is 0 Å². The van der Waals surface area contributed by atoms with Crippen molar-refractivity contribution in [2.24, 2.45) is 0 Å². The number of carbonyl (C=O) groups is 2. The summed E-state index contributed by atoms with van der Waals surface area (Å²) in [6.45, 7) is 2.24. The fraction of sp³-hybridized carbons (Fsp3) is 0.324. The van der Waals surface area contributed by atoms with Crippen molar-refractivity contribution in [3.8, 4) is 5.75 Å². The van der Waals surface area contributed by atoms with E-state index in [2.05, 4.69) is 20.6 Å². The zero-order valence-corrected chi connectivity index (χ0v) is 24.1. The number of para-hydroxylation sites is 2. The van der Waals surface area contributed by atoms with E-state index in [1.54, 1.807) is 13.3 Å². The number of carbonyl (C=O) groups excluding carboxylic acids is 2. The normalized spacial score (nSPS) is 16.1. The molecule has 0 spiro atoms. The molecule has 8 heteroatoms. The van der Waals surface area contributed by atoms with Crippen LogP contribution in [0.15, 0.2) is 79.1 Å². The summed E-state index contributed by atoms with van der Waals surface area (Å²) in [6, 6.07) is 21.4. The summed E-state index contributed by atoms with van der Waals surface area (Å²) in [5.74, 6) is 0.196. The zero-order chi connectivity index (χ0) is 29.2. The summed E-state index contributed by atoms with van der Waals surface area (Å²) in [5.41, 5.74) is 2.64. The predicted molar refractivity (Wildman–Crippen MR) is 165 cm³/mol. The van der Waals surface area contributed by atoms with E-state index in [0.717, 1.165) is 64.5 Å². The van der Waals surface area contributed by atoms with Gasteiger partial charge < -0.3 is 25.3 Å². The van der Waals surface area contributed by atoms with Crippen molar-refractivity contribution >= 4 is 33.6 Å². The quantitative estimate of drug-likeness (QED) is 0.182. The van der Waals surface area contributed by atoms with Crippen LogP contribution in [0.3, 0.4) is 0 Å².